The minimum absolute atomic E-state index is 0.295. The van der Waals surface area contributed by atoms with E-state index in [2.05, 4.69) is 15.5 Å². The van der Waals surface area contributed by atoms with Crippen LogP contribution in [0.15, 0.2) is 36.0 Å². The summed E-state index contributed by atoms with van der Waals surface area (Å²) in [6.45, 7) is 2.06. The van der Waals surface area contributed by atoms with Gasteiger partial charge in [0.2, 0.25) is 0 Å². The number of benzene rings is 1. The summed E-state index contributed by atoms with van der Waals surface area (Å²) in [5.74, 6) is -0.404. The molecule has 0 bridgehead atoms. The van der Waals surface area contributed by atoms with Gasteiger partial charge in [0.1, 0.15) is 16.9 Å². The van der Waals surface area contributed by atoms with E-state index in [9.17, 15) is 4.79 Å². The average Bonchev–Trinajstić information content (AvgIpc) is 3.17. The third-order valence-corrected chi connectivity index (χ3v) is 4.18. The first kappa shape index (κ1) is 14.7. The first-order valence-electron chi connectivity index (χ1n) is 6.48. The number of tetrazole rings is 1. The summed E-state index contributed by atoms with van der Waals surface area (Å²) in [5, 5.41) is 14.2. The van der Waals surface area contributed by atoms with E-state index in [1.807, 2.05) is 17.5 Å². The molecular formula is C14H11ClN4O2S. The van der Waals surface area contributed by atoms with Crippen molar-refractivity contribution in [2.75, 3.05) is 6.61 Å². The predicted molar refractivity (Wildman–Crippen MR) is 83.4 cm³/mol. The van der Waals surface area contributed by atoms with Crippen molar-refractivity contribution >= 4 is 28.9 Å². The molecule has 112 valence electrons. The van der Waals surface area contributed by atoms with E-state index in [-0.39, 0.29) is 0 Å². The van der Waals surface area contributed by atoms with E-state index in [4.69, 9.17) is 16.3 Å². The maximum absolute atomic E-state index is 12.4. The molecule has 3 rings (SSSR count). The number of carbonyl (C=O) groups is 1. The van der Waals surface area contributed by atoms with Gasteiger partial charge in [0.15, 0.2) is 0 Å². The van der Waals surface area contributed by atoms with Gasteiger partial charge in [-0.15, -0.1) is 16.4 Å². The second kappa shape index (κ2) is 6.25. The number of ether oxygens (including phenoxy) is 1. The van der Waals surface area contributed by atoms with Crippen molar-refractivity contribution in [3.8, 4) is 16.1 Å². The molecule has 6 nitrogen and oxygen atoms in total. The molecule has 0 saturated carbocycles. The molecule has 0 radical (unpaired) electrons. The Morgan fingerprint density at radius 1 is 1.36 bits per heavy atom. The van der Waals surface area contributed by atoms with E-state index in [0.717, 1.165) is 11.1 Å². The Bertz CT molecular complexity index is 784. The Morgan fingerprint density at radius 3 is 2.77 bits per heavy atom. The molecule has 0 spiro atoms. The van der Waals surface area contributed by atoms with E-state index in [1.165, 1.54) is 22.3 Å². The molecule has 2 aromatic heterocycles. The summed E-state index contributed by atoms with van der Waals surface area (Å²) in [6, 6.07) is 7.27. The highest BCUT2D eigenvalue weighted by molar-refractivity contribution is 7.13. The molecule has 0 amide bonds. The lowest BCUT2D eigenvalue weighted by atomic mass is 10.0. The molecule has 0 aliphatic rings. The Labute approximate surface area is 135 Å². The molecule has 3 aromatic rings. The van der Waals surface area contributed by atoms with Crippen molar-refractivity contribution in [3.63, 3.8) is 0 Å². The minimum Gasteiger partial charge on any atom is -0.462 e. The first-order valence-corrected chi connectivity index (χ1v) is 7.74. The maximum Gasteiger partial charge on any atom is 0.341 e. The lowest BCUT2D eigenvalue weighted by molar-refractivity contribution is 0.0528. The molecular weight excluding hydrogens is 324 g/mol. The molecule has 0 aliphatic carbocycles. The third-order valence-electron chi connectivity index (χ3n) is 2.96. The fourth-order valence-electron chi connectivity index (χ4n) is 2.01. The molecule has 0 N–H and O–H groups in total. The van der Waals surface area contributed by atoms with Crippen molar-refractivity contribution in [2.24, 2.45) is 0 Å². The third kappa shape index (κ3) is 2.72. The Balaban J connectivity index is 2.14. The van der Waals surface area contributed by atoms with Crippen LogP contribution in [-0.2, 0) is 4.74 Å². The molecule has 1 aromatic carbocycles. The van der Waals surface area contributed by atoms with Crippen LogP contribution in [0.1, 0.15) is 17.3 Å². The smallest absolute Gasteiger partial charge is 0.341 e. The van der Waals surface area contributed by atoms with Crippen LogP contribution in [0, 0.1) is 0 Å². The van der Waals surface area contributed by atoms with Gasteiger partial charge >= 0.3 is 5.97 Å². The summed E-state index contributed by atoms with van der Waals surface area (Å²) in [5.41, 5.74) is 2.09. The van der Waals surface area contributed by atoms with Crippen LogP contribution < -0.4 is 0 Å². The van der Waals surface area contributed by atoms with Crippen LogP contribution in [0.5, 0.6) is 0 Å². The van der Waals surface area contributed by atoms with Gasteiger partial charge in [-0.3, -0.25) is 0 Å². The van der Waals surface area contributed by atoms with E-state index in [0.29, 0.717) is 22.2 Å². The number of aromatic nitrogens is 4. The van der Waals surface area contributed by atoms with E-state index < -0.39 is 5.97 Å². The number of esters is 1. The van der Waals surface area contributed by atoms with Gasteiger partial charge in [-0.05, 0) is 35.0 Å². The monoisotopic (exact) mass is 334 g/mol. The Kier molecular flexibility index (Phi) is 4.17. The molecule has 0 atom stereocenters. The summed E-state index contributed by atoms with van der Waals surface area (Å²) in [6.07, 6.45) is 1.44. The fourth-order valence-corrected chi connectivity index (χ4v) is 3.13. The molecule has 0 saturated heterocycles. The van der Waals surface area contributed by atoms with Gasteiger partial charge in [0.25, 0.3) is 0 Å². The second-order valence-corrected chi connectivity index (χ2v) is 5.61. The van der Waals surface area contributed by atoms with Gasteiger partial charge < -0.3 is 4.74 Å². The largest absolute Gasteiger partial charge is 0.462 e. The number of halogens is 1. The standard InChI is InChI=1S/C14H11ClN4O2S/c1-2-21-14(20)12-11(9-3-5-10(15)6-4-9)7-22-13(12)19-8-16-17-18-19/h3-8H,2H2,1H3. The minimum atomic E-state index is -0.404. The van der Waals surface area contributed by atoms with Gasteiger partial charge in [0, 0.05) is 16.0 Å². The van der Waals surface area contributed by atoms with Gasteiger partial charge in [0.05, 0.1) is 6.61 Å². The number of hydrogen-bond donors (Lipinski definition) is 0. The van der Waals surface area contributed by atoms with Crippen molar-refractivity contribution < 1.29 is 9.53 Å². The molecule has 0 aliphatic heterocycles. The predicted octanol–water partition coefficient (Wildman–Crippen LogP) is 3.22. The maximum atomic E-state index is 12.4. The van der Waals surface area contributed by atoms with E-state index >= 15 is 0 Å². The Morgan fingerprint density at radius 2 is 2.14 bits per heavy atom. The zero-order valence-corrected chi connectivity index (χ0v) is 13.1. The van der Waals surface area contributed by atoms with Crippen LogP contribution in [0.2, 0.25) is 5.02 Å². The number of nitrogens with zero attached hydrogens (tertiary/aromatic N) is 4. The van der Waals surface area contributed by atoms with Crippen molar-refractivity contribution in [1.29, 1.82) is 0 Å². The molecule has 2 heterocycles. The van der Waals surface area contributed by atoms with E-state index in [1.54, 1.807) is 19.1 Å². The highest BCUT2D eigenvalue weighted by Crippen LogP contribution is 2.34. The van der Waals surface area contributed by atoms with Crippen LogP contribution in [-0.4, -0.2) is 32.8 Å². The fraction of sp³-hybridized carbons (Fsp3) is 0.143. The molecule has 22 heavy (non-hydrogen) atoms. The lowest BCUT2D eigenvalue weighted by Crippen LogP contribution is -2.09. The van der Waals surface area contributed by atoms with Crippen molar-refractivity contribution in [2.45, 2.75) is 6.92 Å². The number of thiophene rings is 1. The molecule has 0 fully saturated rings. The summed E-state index contributed by atoms with van der Waals surface area (Å²) in [7, 11) is 0. The highest BCUT2D eigenvalue weighted by Gasteiger charge is 2.23. The molecule has 0 unspecified atom stereocenters. The van der Waals surface area contributed by atoms with Crippen molar-refractivity contribution in [3.05, 3.63) is 46.6 Å². The number of hydrogen-bond acceptors (Lipinski definition) is 6. The van der Waals surface area contributed by atoms with Gasteiger partial charge in [-0.2, -0.15) is 4.68 Å². The van der Waals surface area contributed by atoms with Gasteiger partial charge in [-0.25, -0.2) is 4.79 Å². The van der Waals surface area contributed by atoms with Crippen LogP contribution >= 0.6 is 22.9 Å². The summed E-state index contributed by atoms with van der Waals surface area (Å²) >= 11 is 7.29. The van der Waals surface area contributed by atoms with Crippen LogP contribution in [0.3, 0.4) is 0 Å². The number of carbonyl (C=O) groups excluding carboxylic acids is 1. The normalized spacial score (nSPS) is 10.6. The quantitative estimate of drug-likeness (QED) is 0.685. The topological polar surface area (TPSA) is 69.9 Å². The highest BCUT2D eigenvalue weighted by atomic mass is 35.5. The second-order valence-electron chi connectivity index (χ2n) is 4.31. The van der Waals surface area contributed by atoms with Crippen LogP contribution in [0.25, 0.3) is 16.1 Å². The number of rotatable bonds is 4. The zero-order valence-electron chi connectivity index (χ0n) is 11.6. The lowest BCUT2D eigenvalue weighted by Gasteiger charge is -2.07. The average molecular weight is 335 g/mol. The Hall–Kier alpha value is -2.25. The summed E-state index contributed by atoms with van der Waals surface area (Å²) < 4.78 is 6.63. The van der Waals surface area contributed by atoms with Crippen LogP contribution in [0.4, 0.5) is 0 Å². The zero-order chi connectivity index (χ0) is 15.5. The molecule has 8 heteroatoms. The first-order chi connectivity index (χ1) is 10.7. The van der Waals surface area contributed by atoms with Crippen molar-refractivity contribution in [1.82, 2.24) is 20.2 Å². The van der Waals surface area contributed by atoms with Gasteiger partial charge in [-0.1, -0.05) is 23.7 Å². The summed E-state index contributed by atoms with van der Waals surface area (Å²) in [4.78, 5) is 12.4. The SMILES string of the molecule is CCOC(=O)c1c(-c2ccc(Cl)cc2)csc1-n1cnnn1.